The topological polar surface area (TPSA) is 134 Å². The lowest BCUT2D eigenvalue weighted by molar-refractivity contribution is -0.139. The number of aliphatic hydroxyl groups excluding tert-OH is 2. The number of methoxy groups -OCH3 is 2. The fourth-order valence-electron chi connectivity index (χ4n) is 9.89. The summed E-state index contributed by atoms with van der Waals surface area (Å²) in [7, 11) is 3.17. The summed E-state index contributed by atoms with van der Waals surface area (Å²) in [5.74, 6) is -1.30. The number of carbonyl (C=O) groups is 3. The minimum Gasteiger partial charge on any atom is -0.496 e. The van der Waals surface area contributed by atoms with Crippen molar-refractivity contribution >= 4 is 28.5 Å². The highest BCUT2D eigenvalue weighted by atomic mass is 16.5. The number of aliphatic hydroxyl groups is 2. The lowest BCUT2D eigenvalue weighted by atomic mass is 9.51. The van der Waals surface area contributed by atoms with E-state index in [1.54, 1.807) is 74.9 Å². The van der Waals surface area contributed by atoms with Gasteiger partial charge in [-0.2, -0.15) is 0 Å². The molecule has 0 spiro atoms. The third-order valence-corrected chi connectivity index (χ3v) is 12.9. The molecule has 4 aliphatic rings. The van der Waals surface area contributed by atoms with Crippen LogP contribution in [-0.2, 0) is 4.79 Å². The normalized spacial score (nSPS) is 22.6. The molecule has 8 rings (SSSR count). The van der Waals surface area contributed by atoms with E-state index in [9.17, 15) is 10.2 Å². The van der Waals surface area contributed by atoms with Crippen LogP contribution in [-0.4, -0.2) is 55.0 Å². The second-order valence-corrected chi connectivity index (χ2v) is 16.4. The molecule has 0 aromatic heterocycles. The Hall–Kier alpha value is -7.07. The van der Waals surface area contributed by atoms with E-state index in [4.69, 9.17) is 9.47 Å². The van der Waals surface area contributed by atoms with Gasteiger partial charge in [0, 0.05) is 70.8 Å². The monoisotopic (exact) mass is 852 g/mol. The molecular formula is C55H52N2O7. The molecule has 9 heteroatoms. The number of nitrogens with one attached hydrogen (secondary N) is 2. The van der Waals surface area contributed by atoms with Crippen LogP contribution in [0.1, 0.15) is 57.5 Å². The molecule has 4 N–H and O–H groups in total. The van der Waals surface area contributed by atoms with E-state index >= 15 is 14.4 Å². The lowest BCUT2D eigenvalue weighted by Crippen LogP contribution is -2.53. The smallest absolute Gasteiger partial charge is 0.193 e. The van der Waals surface area contributed by atoms with Crippen LogP contribution in [0.2, 0.25) is 0 Å². The Morgan fingerprint density at radius 3 is 1.33 bits per heavy atom. The molecule has 4 aromatic carbocycles. The van der Waals surface area contributed by atoms with Crippen molar-refractivity contribution in [3.63, 3.8) is 0 Å². The number of allylic oxidation sites excluding steroid dienone is 12. The van der Waals surface area contributed by atoms with E-state index < -0.39 is 35.9 Å². The van der Waals surface area contributed by atoms with Crippen molar-refractivity contribution in [2.24, 2.45) is 22.7 Å². The van der Waals surface area contributed by atoms with Gasteiger partial charge in [-0.05, 0) is 72.5 Å². The van der Waals surface area contributed by atoms with Crippen molar-refractivity contribution in [2.75, 3.05) is 27.4 Å². The minimum absolute atomic E-state index is 0.0746. The summed E-state index contributed by atoms with van der Waals surface area (Å²) in [5.41, 5.74) is 2.40. The number of Topliss-reactive ketones (excluding diaryl/α,β-unsaturated/α-hetero) is 3. The van der Waals surface area contributed by atoms with Gasteiger partial charge in [-0.25, -0.2) is 0 Å². The standard InChI is InChI=1S/C55H52N2O7/c1-63-49-23-11-9-21-41(49)43-31-47(39-19-13-27-56-35-39)54(25-29-58,33-45(43)51(60)37-15-5-3-6-16-37)53(62)55(26-30-59)34-46(52(61)38-17-7-4-8-18-38)44(42-22-10-12-24-50(42)64-2)32-48(55)40-20-14-28-57-36-40/h3-18,21-24,27-28,31-36,47-48,56-59H,19-20,25-26,29-30H2,1-2H3. The lowest BCUT2D eigenvalue weighted by Gasteiger charge is -2.50. The van der Waals surface area contributed by atoms with Crippen molar-refractivity contribution in [3.05, 3.63) is 215 Å². The van der Waals surface area contributed by atoms with Gasteiger partial charge in [-0.1, -0.05) is 134 Å². The molecule has 9 nitrogen and oxygen atoms in total. The fourth-order valence-corrected chi connectivity index (χ4v) is 9.89. The van der Waals surface area contributed by atoms with Crippen molar-refractivity contribution in [2.45, 2.75) is 25.7 Å². The Morgan fingerprint density at radius 1 is 0.578 bits per heavy atom. The maximum absolute atomic E-state index is 17.1. The molecule has 2 aliphatic heterocycles. The first-order chi connectivity index (χ1) is 31.3. The highest BCUT2D eigenvalue weighted by Crippen LogP contribution is 2.58. The molecule has 0 radical (unpaired) electrons. The Balaban J connectivity index is 1.45. The molecule has 4 unspecified atom stereocenters. The maximum atomic E-state index is 17.1. The van der Waals surface area contributed by atoms with Crippen LogP contribution < -0.4 is 20.1 Å². The number of ketones is 3. The number of carbonyl (C=O) groups excluding carboxylic acids is 3. The van der Waals surface area contributed by atoms with Crippen molar-refractivity contribution in [3.8, 4) is 11.5 Å². The average Bonchev–Trinajstić information content (AvgIpc) is 3.36. The zero-order chi connectivity index (χ0) is 44.7. The first kappa shape index (κ1) is 43.6. The van der Waals surface area contributed by atoms with Crippen LogP contribution in [0.3, 0.4) is 0 Å². The molecule has 2 aliphatic carbocycles. The largest absolute Gasteiger partial charge is 0.496 e. The molecule has 324 valence electrons. The van der Waals surface area contributed by atoms with Crippen LogP contribution in [0, 0.1) is 22.7 Å². The third kappa shape index (κ3) is 8.04. The number of benzene rings is 4. The van der Waals surface area contributed by atoms with E-state index in [2.05, 4.69) is 10.6 Å². The van der Waals surface area contributed by atoms with Gasteiger partial charge in [-0.15, -0.1) is 0 Å². The van der Waals surface area contributed by atoms with Gasteiger partial charge in [0.2, 0.25) is 0 Å². The van der Waals surface area contributed by atoms with E-state index in [-0.39, 0.29) is 41.3 Å². The van der Waals surface area contributed by atoms with E-state index in [0.717, 1.165) is 11.1 Å². The van der Waals surface area contributed by atoms with Crippen molar-refractivity contribution in [1.82, 2.24) is 10.6 Å². The highest BCUT2D eigenvalue weighted by Gasteiger charge is 2.58. The third-order valence-electron chi connectivity index (χ3n) is 12.9. The zero-order valence-corrected chi connectivity index (χ0v) is 36.0. The van der Waals surface area contributed by atoms with Crippen LogP contribution in [0.15, 0.2) is 193 Å². The predicted octanol–water partition coefficient (Wildman–Crippen LogP) is 9.14. The number of ether oxygens (including phenoxy) is 2. The fraction of sp³-hybridized carbons (Fsp3) is 0.218. The number of dihydropyridines is 2. The maximum Gasteiger partial charge on any atom is 0.193 e. The number of hydrogen-bond acceptors (Lipinski definition) is 9. The van der Waals surface area contributed by atoms with Crippen LogP contribution >= 0.6 is 0 Å². The Kier molecular flexibility index (Phi) is 13.0. The van der Waals surface area contributed by atoms with Gasteiger partial charge in [0.05, 0.1) is 25.0 Å². The number of rotatable bonds is 16. The molecule has 64 heavy (non-hydrogen) atoms. The summed E-state index contributed by atoms with van der Waals surface area (Å²) in [4.78, 5) is 47.3. The quantitative estimate of drug-likeness (QED) is 0.0815. The molecule has 0 amide bonds. The molecule has 0 fully saturated rings. The zero-order valence-electron chi connectivity index (χ0n) is 36.0. The Morgan fingerprint density at radius 2 is 0.969 bits per heavy atom. The van der Waals surface area contributed by atoms with Gasteiger partial charge >= 0.3 is 0 Å². The molecule has 0 saturated carbocycles. The number of para-hydroxylation sites is 2. The first-order valence-corrected chi connectivity index (χ1v) is 21.6. The van der Waals surface area contributed by atoms with Gasteiger partial charge in [0.1, 0.15) is 11.5 Å². The second-order valence-electron chi connectivity index (χ2n) is 16.4. The minimum atomic E-state index is -1.60. The van der Waals surface area contributed by atoms with E-state index in [1.165, 1.54) is 0 Å². The molecular weight excluding hydrogens is 801 g/mol. The molecule has 4 aromatic rings. The molecule has 4 atom stereocenters. The summed E-state index contributed by atoms with van der Waals surface area (Å²) in [6.07, 6.45) is 19.7. The SMILES string of the molecule is COc1ccccc1C1=CC(C2=CNC=CC2)C(CCO)(C(=O)C2(CCO)C=C(C(=O)c3ccccc3)C(c3ccccc3OC)=CC2C2=CNC=CC2)C=C1C(=O)c1ccccc1. The van der Waals surface area contributed by atoms with Crippen LogP contribution in [0.4, 0.5) is 0 Å². The van der Waals surface area contributed by atoms with Crippen molar-refractivity contribution < 1.29 is 34.1 Å². The molecule has 0 saturated heterocycles. The second kappa shape index (κ2) is 19.1. The van der Waals surface area contributed by atoms with Crippen LogP contribution in [0.25, 0.3) is 11.1 Å². The first-order valence-electron chi connectivity index (χ1n) is 21.6. The van der Waals surface area contributed by atoms with Gasteiger partial charge < -0.3 is 30.3 Å². The number of hydrogen-bond donors (Lipinski definition) is 4. The average molecular weight is 853 g/mol. The van der Waals surface area contributed by atoms with Crippen LogP contribution in [0.5, 0.6) is 11.5 Å². The summed E-state index contributed by atoms with van der Waals surface area (Å²) in [5, 5.41) is 29.1. The summed E-state index contributed by atoms with van der Waals surface area (Å²) >= 11 is 0. The highest BCUT2D eigenvalue weighted by molar-refractivity contribution is 6.22. The van der Waals surface area contributed by atoms with Gasteiger partial charge in [0.25, 0.3) is 0 Å². The summed E-state index contributed by atoms with van der Waals surface area (Å²) in [6, 6.07) is 32.8. The summed E-state index contributed by atoms with van der Waals surface area (Å²) < 4.78 is 11.8. The van der Waals surface area contributed by atoms with Gasteiger partial charge in [-0.3, -0.25) is 14.4 Å². The predicted molar refractivity (Wildman–Crippen MR) is 250 cm³/mol. The van der Waals surface area contributed by atoms with E-state index in [1.807, 2.05) is 110 Å². The molecule has 0 bridgehead atoms. The van der Waals surface area contributed by atoms with E-state index in [0.29, 0.717) is 57.7 Å². The van der Waals surface area contributed by atoms with Gasteiger partial charge in [0.15, 0.2) is 17.3 Å². The summed E-state index contributed by atoms with van der Waals surface area (Å²) in [6.45, 7) is -0.816. The van der Waals surface area contributed by atoms with Crippen molar-refractivity contribution in [1.29, 1.82) is 0 Å². The Labute approximate surface area is 374 Å². The Bertz CT molecular complexity index is 2500. The molecule has 2 heterocycles.